The van der Waals surface area contributed by atoms with Crippen LogP contribution in [0.25, 0.3) is 11.0 Å². The van der Waals surface area contributed by atoms with Gasteiger partial charge >= 0.3 is 5.97 Å². The summed E-state index contributed by atoms with van der Waals surface area (Å²) in [6, 6.07) is 1.91. The van der Waals surface area contributed by atoms with Crippen molar-refractivity contribution in [3.8, 4) is 0 Å². The van der Waals surface area contributed by atoms with Crippen LogP contribution in [0.15, 0.2) is 18.5 Å². The molecular weight excluding hydrogens is 314 g/mol. The van der Waals surface area contributed by atoms with Gasteiger partial charge in [0.25, 0.3) is 0 Å². The summed E-state index contributed by atoms with van der Waals surface area (Å²) in [4.78, 5) is 21.4. The van der Waals surface area contributed by atoms with E-state index in [4.69, 9.17) is 4.74 Å². The Bertz CT molecular complexity index is 738. The van der Waals surface area contributed by atoms with E-state index in [-0.39, 0.29) is 18.6 Å². The summed E-state index contributed by atoms with van der Waals surface area (Å²) in [7, 11) is 0. The molecule has 5 heteroatoms. The SMILES string of the molecule is CCc1nc2cnccc2n1CC(=O)O[C@@H]1C[C@H](C)CC[C@H]1C(C)C. The Morgan fingerprint density at radius 3 is 2.92 bits per heavy atom. The largest absolute Gasteiger partial charge is 0.461 e. The molecule has 0 unspecified atom stereocenters. The highest BCUT2D eigenvalue weighted by atomic mass is 16.5. The molecule has 1 fully saturated rings. The van der Waals surface area contributed by atoms with Gasteiger partial charge in [0, 0.05) is 12.6 Å². The number of carbonyl (C=O) groups is 1. The number of nitrogens with zero attached hydrogens (tertiary/aromatic N) is 3. The molecule has 0 spiro atoms. The molecule has 25 heavy (non-hydrogen) atoms. The number of esters is 1. The van der Waals surface area contributed by atoms with Gasteiger partial charge in [-0.25, -0.2) is 4.98 Å². The number of aryl methyl sites for hydroxylation is 1. The summed E-state index contributed by atoms with van der Waals surface area (Å²) < 4.78 is 7.92. The highest BCUT2D eigenvalue weighted by molar-refractivity contribution is 5.78. The number of aromatic nitrogens is 3. The highest BCUT2D eigenvalue weighted by Gasteiger charge is 2.33. The maximum atomic E-state index is 12.7. The molecular formula is C20H29N3O2. The van der Waals surface area contributed by atoms with Crippen molar-refractivity contribution in [1.29, 1.82) is 0 Å². The highest BCUT2D eigenvalue weighted by Crippen LogP contribution is 2.35. The maximum Gasteiger partial charge on any atom is 0.326 e. The van der Waals surface area contributed by atoms with Crippen LogP contribution in [-0.4, -0.2) is 26.6 Å². The molecule has 0 N–H and O–H groups in total. The number of hydrogen-bond acceptors (Lipinski definition) is 4. The van der Waals surface area contributed by atoms with E-state index in [9.17, 15) is 4.79 Å². The van der Waals surface area contributed by atoms with Crippen LogP contribution in [-0.2, 0) is 22.5 Å². The van der Waals surface area contributed by atoms with E-state index in [2.05, 4.69) is 30.7 Å². The number of carbonyl (C=O) groups excluding carboxylic acids is 1. The van der Waals surface area contributed by atoms with Crippen LogP contribution in [0.2, 0.25) is 0 Å². The van der Waals surface area contributed by atoms with E-state index in [0.717, 1.165) is 36.1 Å². The van der Waals surface area contributed by atoms with Gasteiger partial charge in [-0.1, -0.05) is 34.1 Å². The molecule has 136 valence electrons. The molecule has 0 saturated heterocycles. The van der Waals surface area contributed by atoms with Crippen LogP contribution >= 0.6 is 0 Å². The third-order valence-corrected chi connectivity index (χ3v) is 5.48. The minimum Gasteiger partial charge on any atom is -0.461 e. The summed E-state index contributed by atoms with van der Waals surface area (Å²) in [6.07, 6.45) is 7.66. The van der Waals surface area contributed by atoms with Crippen molar-refractivity contribution in [1.82, 2.24) is 14.5 Å². The van der Waals surface area contributed by atoms with E-state index >= 15 is 0 Å². The fraction of sp³-hybridized carbons (Fsp3) is 0.650. The first-order valence-electron chi connectivity index (χ1n) is 9.48. The summed E-state index contributed by atoms with van der Waals surface area (Å²) in [6.45, 7) is 8.98. The van der Waals surface area contributed by atoms with Gasteiger partial charge in [-0.2, -0.15) is 0 Å². The molecule has 0 aromatic carbocycles. The molecule has 0 bridgehead atoms. The molecule has 1 saturated carbocycles. The smallest absolute Gasteiger partial charge is 0.326 e. The van der Waals surface area contributed by atoms with Crippen LogP contribution in [0.1, 0.15) is 52.8 Å². The van der Waals surface area contributed by atoms with Gasteiger partial charge in [0.1, 0.15) is 24.0 Å². The Kier molecular flexibility index (Phi) is 5.40. The summed E-state index contributed by atoms with van der Waals surface area (Å²) >= 11 is 0. The fourth-order valence-corrected chi connectivity index (χ4v) is 4.06. The minimum absolute atomic E-state index is 0.0396. The first-order valence-corrected chi connectivity index (χ1v) is 9.48. The van der Waals surface area contributed by atoms with Crippen LogP contribution in [0.4, 0.5) is 0 Å². The second kappa shape index (κ2) is 7.54. The van der Waals surface area contributed by atoms with Crippen molar-refractivity contribution in [2.45, 2.75) is 66.0 Å². The molecule has 0 amide bonds. The van der Waals surface area contributed by atoms with Crippen molar-refractivity contribution < 1.29 is 9.53 Å². The van der Waals surface area contributed by atoms with Crippen LogP contribution in [0.5, 0.6) is 0 Å². The van der Waals surface area contributed by atoms with E-state index in [1.165, 1.54) is 6.42 Å². The normalized spacial score (nSPS) is 24.0. The third-order valence-electron chi connectivity index (χ3n) is 5.48. The zero-order valence-corrected chi connectivity index (χ0v) is 15.7. The molecule has 0 aliphatic heterocycles. The lowest BCUT2D eigenvalue weighted by Crippen LogP contribution is -2.36. The summed E-state index contributed by atoms with van der Waals surface area (Å²) in [5, 5.41) is 0. The summed E-state index contributed by atoms with van der Waals surface area (Å²) in [5.41, 5.74) is 1.78. The average Bonchev–Trinajstić information content (AvgIpc) is 2.92. The van der Waals surface area contributed by atoms with Crippen molar-refractivity contribution in [3.63, 3.8) is 0 Å². The van der Waals surface area contributed by atoms with Crippen LogP contribution in [0, 0.1) is 17.8 Å². The average molecular weight is 343 g/mol. The van der Waals surface area contributed by atoms with E-state index in [1.54, 1.807) is 12.4 Å². The molecule has 2 aromatic heterocycles. The fourth-order valence-electron chi connectivity index (χ4n) is 4.06. The van der Waals surface area contributed by atoms with Gasteiger partial charge in [0.05, 0.1) is 11.7 Å². The monoisotopic (exact) mass is 343 g/mol. The Morgan fingerprint density at radius 2 is 2.20 bits per heavy atom. The first kappa shape index (κ1) is 17.9. The topological polar surface area (TPSA) is 57.0 Å². The molecule has 0 radical (unpaired) electrons. The van der Waals surface area contributed by atoms with E-state index in [1.807, 2.05) is 17.6 Å². The standard InChI is InChI=1S/C20H29N3O2/c1-5-19-22-16-11-21-9-8-17(16)23(19)12-20(24)25-18-10-14(4)6-7-15(18)13(2)3/h8-9,11,13-15,18H,5-7,10,12H2,1-4H3/t14-,15+,18-/m1/s1. The molecule has 1 aliphatic rings. The van der Waals surface area contributed by atoms with Crippen molar-refractivity contribution >= 4 is 17.0 Å². The van der Waals surface area contributed by atoms with Crippen molar-refractivity contribution in [3.05, 3.63) is 24.3 Å². The molecule has 2 aromatic rings. The number of rotatable bonds is 5. The van der Waals surface area contributed by atoms with Gasteiger partial charge in [0.15, 0.2) is 0 Å². The van der Waals surface area contributed by atoms with Gasteiger partial charge < -0.3 is 9.30 Å². The third kappa shape index (κ3) is 3.86. The van der Waals surface area contributed by atoms with Crippen molar-refractivity contribution in [2.75, 3.05) is 0 Å². The maximum absolute atomic E-state index is 12.7. The van der Waals surface area contributed by atoms with Crippen LogP contribution in [0.3, 0.4) is 0 Å². The first-order chi connectivity index (χ1) is 12.0. The second-order valence-corrected chi connectivity index (χ2v) is 7.69. The Hall–Kier alpha value is -1.91. The number of fused-ring (bicyclic) bond motifs is 1. The predicted molar refractivity (Wildman–Crippen MR) is 98.1 cm³/mol. The Labute approximate surface area is 149 Å². The zero-order valence-electron chi connectivity index (χ0n) is 15.7. The van der Waals surface area contributed by atoms with E-state index < -0.39 is 0 Å². The molecule has 1 aliphatic carbocycles. The lowest BCUT2D eigenvalue weighted by atomic mass is 9.75. The van der Waals surface area contributed by atoms with Crippen LogP contribution < -0.4 is 0 Å². The molecule has 5 nitrogen and oxygen atoms in total. The minimum atomic E-state index is -0.157. The lowest BCUT2D eigenvalue weighted by molar-refractivity contribution is -0.156. The zero-order chi connectivity index (χ0) is 18.0. The molecule has 2 heterocycles. The Morgan fingerprint density at radius 1 is 1.40 bits per heavy atom. The Balaban J connectivity index is 1.76. The predicted octanol–water partition coefficient (Wildman–Crippen LogP) is 4.00. The van der Waals surface area contributed by atoms with Gasteiger partial charge in [-0.15, -0.1) is 0 Å². The number of ether oxygens (including phenoxy) is 1. The number of hydrogen-bond donors (Lipinski definition) is 0. The summed E-state index contributed by atoms with van der Waals surface area (Å²) in [5.74, 6) is 2.37. The molecule has 3 atom stereocenters. The lowest BCUT2D eigenvalue weighted by Gasteiger charge is -2.36. The quantitative estimate of drug-likeness (QED) is 0.770. The van der Waals surface area contributed by atoms with Gasteiger partial charge in [-0.05, 0) is 36.7 Å². The van der Waals surface area contributed by atoms with Crippen molar-refractivity contribution in [2.24, 2.45) is 17.8 Å². The number of imidazole rings is 1. The number of pyridine rings is 1. The molecule has 3 rings (SSSR count). The van der Waals surface area contributed by atoms with E-state index in [0.29, 0.717) is 17.8 Å². The second-order valence-electron chi connectivity index (χ2n) is 7.69. The van der Waals surface area contributed by atoms with Gasteiger partial charge in [-0.3, -0.25) is 9.78 Å². The van der Waals surface area contributed by atoms with Gasteiger partial charge in [0.2, 0.25) is 0 Å².